The molecular weight excluding hydrogens is 258 g/mol. The van der Waals surface area contributed by atoms with E-state index in [9.17, 15) is 4.79 Å². The highest BCUT2D eigenvalue weighted by Gasteiger charge is 2.10. The minimum Gasteiger partial charge on any atom is -0.491 e. The van der Waals surface area contributed by atoms with Gasteiger partial charge in [0, 0.05) is 5.69 Å². The Labute approximate surface area is 117 Å². The second-order valence-corrected chi connectivity index (χ2v) is 4.65. The summed E-state index contributed by atoms with van der Waals surface area (Å²) in [5.74, 6) is 1.39. The van der Waals surface area contributed by atoms with Gasteiger partial charge in [-0.2, -0.15) is 4.98 Å². The number of carbonyl (C=O) groups is 1. The highest BCUT2D eigenvalue weighted by molar-refractivity contribution is 5.91. The minimum atomic E-state index is -0.203. The molecular formula is C14H17N3O3. The first-order valence-electron chi connectivity index (χ1n) is 6.38. The van der Waals surface area contributed by atoms with Crippen LogP contribution in [0.25, 0.3) is 0 Å². The van der Waals surface area contributed by atoms with E-state index in [1.807, 2.05) is 26.0 Å². The average Bonchev–Trinajstić information content (AvgIpc) is 2.76. The zero-order valence-electron chi connectivity index (χ0n) is 11.7. The van der Waals surface area contributed by atoms with Gasteiger partial charge < -0.3 is 14.6 Å². The van der Waals surface area contributed by atoms with Crippen molar-refractivity contribution in [3.8, 4) is 5.75 Å². The first-order chi connectivity index (χ1) is 9.52. The minimum absolute atomic E-state index is 0.0606. The Morgan fingerprint density at radius 2 is 2.05 bits per heavy atom. The largest absolute Gasteiger partial charge is 0.491 e. The maximum absolute atomic E-state index is 11.8. The predicted molar refractivity (Wildman–Crippen MR) is 73.6 cm³/mol. The summed E-state index contributed by atoms with van der Waals surface area (Å²) in [5, 5.41) is 6.39. The molecule has 0 saturated heterocycles. The van der Waals surface area contributed by atoms with Gasteiger partial charge in [-0.1, -0.05) is 5.16 Å². The molecule has 0 atom stereocenters. The fraction of sp³-hybridized carbons (Fsp3) is 0.357. The molecule has 2 aromatic rings. The molecule has 0 bridgehead atoms. The molecule has 106 valence electrons. The van der Waals surface area contributed by atoms with Crippen molar-refractivity contribution in [3.63, 3.8) is 0 Å². The highest BCUT2D eigenvalue weighted by atomic mass is 16.5. The molecule has 1 heterocycles. The van der Waals surface area contributed by atoms with Crippen molar-refractivity contribution in [2.75, 3.05) is 5.32 Å². The van der Waals surface area contributed by atoms with Crippen LogP contribution in [0.3, 0.4) is 0 Å². The molecule has 0 spiro atoms. The van der Waals surface area contributed by atoms with Crippen LogP contribution < -0.4 is 10.1 Å². The summed E-state index contributed by atoms with van der Waals surface area (Å²) in [5.41, 5.74) is 0.697. The third-order valence-electron chi connectivity index (χ3n) is 2.39. The van der Waals surface area contributed by atoms with Crippen LogP contribution in [0.15, 0.2) is 28.8 Å². The van der Waals surface area contributed by atoms with Crippen LogP contribution in [0.5, 0.6) is 5.75 Å². The van der Waals surface area contributed by atoms with Crippen molar-refractivity contribution in [2.24, 2.45) is 0 Å². The van der Waals surface area contributed by atoms with Gasteiger partial charge in [0.05, 0.1) is 6.10 Å². The van der Waals surface area contributed by atoms with Crippen molar-refractivity contribution >= 4 is 11.6 Å². The van der Waals surface area contributed by atoms with Gasteiger partial charge in [-0.25, -0.2) is 0 Å². The molecule has 20 heavy (non-hydrogen) atoms. The van der Waals surface area contributed by atoms with Crippen molar-refractivity contribution < 1.29 is 14.1 Å². The molecule has 0 aliphatic heterocycles. The van der Waals surface area contributed by atoms with E-state index in [0.29, 0.717) is 17.4 Å². The molecule has 1 amide bonds. The summed E-state index contributed by atoms with van der Waals surface area (Å²) >= 11 is 0. The van der Waals surface area contributed by atoms with Crippen LogP contribution in [0.2, 0.25) is 0 Å². The maximum Gasteiger partial charge on any atom is 0.236 e. The molecule has 6 heteroatoms. The smallest absolute Gasteiger partial charge is 0.236 e. The third-order valence-corrected chi connectivity index (χ3v) is 2.39. The summed E-state index contributed by atoms with van der Waals surface area (Å²) in [6, 6.07) is 7.20. The van der Waals surface area contributed by atoms with Crippen LogP contribution in [-0.4, -0.2) is 22.2 Å². The topological polar surface area (TPSA) is 77.2 Å². The Balaban J connectivity index is 1.91. The Morgan fingerprint density at radius 1 is 1.35 bits per heavy atom. The van der Waals surface area contributed by atoms with Crippen LogP contribution in [0.1, 0.15) is 25.6 Å². The van der Waals surface area contributed by atoms with Gasteiger partial charge in [0.2, 0.25) is 11.8 Å². The Kier molecular flexibility index (Phi) is 4.34. The number of ether oxygens (including phenoxy) is 1. The van der Waals surface area contributed by atoms with E-state index in [1.54, 1.807) is 19.1 Å². The summed E-state index contributed by atoms with van der Waals surface area (Å²) in [6.45, 7) is 5.63. The lowest BCUT2D eigenvalue weighted by Gasteiger charge is -2.10. The van der Waals surface area contributed by atoms with E-state index in [-0.39, 0.29) is 18.4 Å². The Hall–Kier alpha value is -2.37. The van der Waals surface area contributed by atoms with Crippen LogP contribution >= 0.6 is 0 Å². The first kappa shape index (κ1) is 14.0. The van der Waals surface area contributed by atoms with Gasteiger partial charge >= 0.3 is 0 Å². The molecule has 0 saturated carbocycles. The molecule has 1 aromatic heterocycles. The van der Waals surface area contributed by atoms with Crippen molar-refractivity contribution in [2.45, 2.75) is 33.3 Å². The monoisotopic (exact) mass is 275 g/mol. The number of nitrogens with zero attached hydrogens (tertiary/aromatic N) is 2. The zero-order valence-corrected chi connectivity index (χ0v) is 11.7. The Bertz CT molecular complexity index is 576. The van der Waals surface area contributed by atoms with Gasteiger partial charge in [0.1, 0.15) is 12.2 Å². The van der Waals surface area contributed by atoms with E-state index in [2.05, 4.69) is 15.5 Å². The van der Waals surface area contributed by atoms with Crippen LogP contribution in [0, 0.1) is 6.92 Å². The number of amides is 1. The van der Waals surface area contributed by atoms with Crippen molar-refractivity contribution in [3.05, 3.63) is 36.0 Å². The van der Waals surface area contributed by atoms with Crippen molar-refractivity contribution in [1.29, 1.82) is 0 Å². The third kappa shape index (κ3) is 4.08. The highest BCUT2D eigenvalue weighted by Crippen LogP contribution is 2.17. The molecule has 0 aliphatic carbocycles. The van der Waals surface area contributed by atoms with Crippen molar-refractivity contribution in [1.82, 2.24) is 10.1 Å². The number of benzene rings is 1. The number of aryl methyl sites for hydroxylation is 1. The fourth-order valence-electron chi connectivity index (χ4n) is 1.64. The number of rotatable bonds is 5. The van der Waals surface area contributed by atoms with E-state index in [0.717, 1.165) is 5.75 Å². The summed E-state index contributed by atoms with van der Waals surface area (Å²) < 4.78 is 10.4. The van der Waals surface area contributed by atoms with E-state index < -0.39 is 0 Å². The molecule has 1 N–H and O–H groups in total. The lowest BCUT2D eigenvalue weighted by Crippen LogP contribution is -2.14. The molecule has 6 nitrogen and oxygen atoms in total. The zero-order chi connectivity index (χ0) is 14.5. The number of aromatic nitrogens is 2. The van der Waals surface area contributed by atoms with E-state index in [4.69, 9.17) is 9.26 Å². The SMILES string of the molecule is Cc1noc(CC(=O)Nc2ccc(OC(C)C)cc2)n1. The number of carbonyl (C=O) groups excluding carboxylic acids is 1. The average molecular weight is 275 g/mol. The molecule has 0 unspecified atom stereocenters. The molecule has 0 aliphatic rings. The van der Waals surface area contributed by atoms with Gasteiger partial charge in [-0.15, -0.1) is 0 Å². The summed E-state index contributed by atoms with van der Waals surface area (Å²) in [4.78, 5) is 15.8. The lowest BCUT2D eigenvalue weighted by molar-refractivity contribution is -0.115. The number of anilines is 1. The second kappa shape index (κ2) is 6.18. The molecule has 2 rings (SSSR count). The van der Waals surface area contributed by atoms with Crippen LogP contribution in [-0.2, 0) is 11.2 Å². The molecule has 0 radical (unpaired) electrons. The molecule has 1 aromatic carbocycles. The fourth-order valence-corrected chi connectivity index (χ4v) is 1.64. The quantitative estimate of drug-likeness (QED) is 0.906. The molecule has 0 fully saturated rings. The van der Waals surface area contributed by atoms with Gasteiger partial charge in [-0.05, 0) is 45.0 Å². The van der Waals surface area contributed by atoms with Crippen LogP contribution in [0.4, 0.5) is 5.69 Å². The van der Waals surface area contributed by atoms with E-state index in [1.165, 1.54) is 0 Å². The van der Waals surface area contributed by atoms with Gasteiger partial charge in [0.25, 0.3) is 0 Å². The number of hydrogen-bond donors (Lipinski definition) is 1. The van der Waals surface area contributed by atoms with E-state index >= 15 is 0 Å². The summed E-state index contributed by atoms with van der Waals surface area (Å²) in [6.07, 6.45) is 0.182. The maximum atomic E-state index is 11.8. The van der Waals surface area contributed by atoms with Gasteiger partial charge in [0.15, 0.2) is 5.82 Å². The predicted octanol–water partition coefficient (Wildman–Crippen LogP) is 2.35. The Morgan fingerprint density at radius 3 is 2.60 bits per heavy atom. The second-order valence-electron chi connectivity index (χ2n) is 4.65. The first-order valence-corrected chi connectivity index (χ1v) is 6.38. The lowest BCUT2D eigenvalue weighted by atomic mass is 10.3. The standard InChI is InChI=1S/C14H17N3O3/c1-9(2)19-12-6-4-11(5-7-12)16-13(18)8-14-15-10(3)17-20-14/h4-7,9H,8H2,1-3H3,(H,16,18). The van der Waals surface area contributed by atoms with Gasteiger partial charge in [-0.3, -0.25) is 4.79 Å². The normalized spacial score (nSPS) is 10.6. The number of nitrogens with one attached hydrogen (secondary N) is 1. The number of hydrogen-bond acceptors (Lipinski definition) is 5. The summed E-state index contributed by atoms with van der Waals surface area (Å²) in [7, 11) is 0.